The molecule has 2 rings (SSSR count). The van der Waals surface area contributed by atoms with Crippen molar-refractivity contribution < 1.29 is 8.81 Å². The second-order valence-electron chi connectivity index (χ2n) is 3.93. The van der Waals surface area contributed by atoms with Crippen LogP contribution in [0.4, 0.5) is 4.39 Å². The third-order valence-corrected chi connectivity index (χ3v) is 2.98. The summed E-state index contributed by atoms with van der Waals surface area (Å²) in [7, 11) is 0. The molecule has 4 nitrogen and oxygen atoms in total. The second kappa shape index (κ2) is 5.46. The fourth-order valence-electron chi connectivity index (χ4n) is 1.51. The maximum atomic E-state index is 13.6. The summed E-state index contributed by atoms with van der Waals surface area (Å²) in [5, 5.41) is 8.02. The highest BCUT2D eigenvalue weighted by Gasteiger charge is 2.15. The molecule has 2 aromatic rings. The van der Waals surface area contributed by atoms with Crippen molar-refractivity contribution in [2.24, 2.45) is 5.73 Å². The Bertz CT molecular complexity index is 524. The van der Waals surface area contributed by atoms with E-state index in [4.69, 9.17) is 21.8 Å². The maximum absolute atomic E-state index is 13.6. The van der Waals surface area contributed by atoms with Gasteiger partial charge in [-0.05, 0) is 18.6 Å². The molecule has 2 N–H and O–H groups in total. The van der Waals surface area contributed by atoms with Gasteiger partial charge in [-0.1, -0.05) is 24.6 Å². The van der Waals surface area contributed by atoms with Crippen LogP contribution in [0.15, 0.2) is 22.6 Å². The number of nitrogens with two attached hydrogens (primary N) is 1. The molecule has 0 aliphatic carbocycles. The van der Waals surface area contributed by atoms with Gasteiger partial charge in [0.15, 0.2) is 0 Å². The van der Waals surface area contributed by atoms with Crippen molar-refractivity contribution in [2.45, 2.75) is 25.8 Å². The molecule has 1 unspecified atom stereocenters. The van der Waals surface area contributed by atoms with E-state index >= 15 is 0 Å². The SMILES string of the molecule is CCC(N)c1nnc(Cc2c(F)cccc2Cl)o1. The minimum absolute atomic E-state index is 0.162. The van der Waals surface area contributed by atoms with Crippen LogP contribution >= 0.6 is 11.6 Å². The minimum atomic E-state index is -0.387. The molecule has 0 saturated carbocycles. The summed E-state index contributed by atoms with van der Waals surface area (Å²) >= 11 is 5.92. The lowest BCUT2D eigenvalue weighted by Crippen LogP contribution is -2.08. The Hall–Kier alpha value is -1.46. The zero-order valence-corrected chi connectivity index (χ0v) is 10.6. The summed E-state index contributed by atoms with van der Waals surface area (Å²) < 4.78 is 18.9. The zero-order valence-electron chi connectivity index (χ0n) is 9.86. The van der Waals surface area contributed by atoms with Crippen molar-refractivity contribution in [3.63, 3.8) is 0 Å². The Balaban J connectivity index is 2.21. The first-order valence-corrected chi connectivity index (χ1v) is 6.00. The first-order chi connectivity index (χ1) is 8.61. The lowest BCUT2D eigenvalue weighted by Gasteiger charge is -2.03. The normalized spacial score (nSPS) is 12.7. The Labute approximate surface area is 109 Å². The van der Waals surface area contributed by atoms with E-state index in [1.54, 1.807) is 12.1 Å². The molecular formula is C12H13ClFN3O. The molecule has 0 amide bonds. The van der Waals surface area contributed by atoms with Crippen molar-refractivity contribution in [3.8, 4) is 0 Å². The van der Waals surface area contributed by atoms with E-state index in [0.29, 0.717) is 28.8 Å². The van der Waals surface area contributed by atoms with Crippen LogP contribution in [0.5, 0.6) is 0 Å². The summed E-state index contributed by atoms with van der Waals surface area (Å²) in [6.07, 6.45) is 0.858. The summed E-state index contributed by atoms with van der Waals surface area (Å²) in [6.45, 7) is 1.92. The Morgan fingerprint density at radius 3 is 2.89 bits per heavy atom. The molecule has 1 aromatic heterocycles. The van der Waals surface area contributed by atoms with E-state index in [1.807, 2.05) is 6.92 Å². The predicted molar refractivity (Wildman–Crippen MR) is 65.7 cm³/mol. The first-order valence-electron chi connectivity index (χ1n) is 5.62. The molecule has 6 heteroatoms. The lowest BCUT2D eigenvalue weighted by molar-refractivity contribution is 0.417. The molecule has 0 spiro atoms. The van der Waals surface area contributed by atoms with Crippen LogP contribution < -0.4 is 5.73 Å². The second-order valence-corrected chi connectivity index (χ2v) is 4.33. The largest absolute Gasteiger partial charge is 0.423 e. The molecule has 1 heterocycles. The van der Waals surface area contributed by atoms with Crippen molar-refractivity contribution in [1.82, 2.24) is 10.2 Å². The highest BCUT2D eigenvalue weighted by atomic mass is 35.5. The number of hydrogen-bond donors (Lipinski definition) is 1. The van der Waals surface area contributed by atoms with E-state index < -0.39 is 0 Å². The molecule has 0 aliphatic rings. The van der Waals surface area contributed by atoms with Crippen molar-refractivity contribution in [3.05, 3.63) is 46.4 Å². The average molecular weight is 270 g/mol. The number of rotatable bonds is 4. The fraction of sp³-hybridized carbons (Fsp3) is 0.333. The molecule has 0 saturated heterocycles. The predicted octanol–water partition coefficient (Wildman–Crippen LogP) is 2.86. The molecule has 0 bridgehead atoms. The van der Waals surface area contributed by atoms with E-state index in [1.165, 1.54) is 6.07 Å². The van der Waals surface area contributed by atoms with Gasteiger partial charge in [0.1, 0.15) is 5.82 Å². The van der Waals surface area contributed by atoms with Crippen LogP contribution in [-0.2, 0) is 6.42 Å². The van der Waals surface area contributed by atoms with Crippen molar-refractivity contribution in [2.75, 3.05) is 0 Å². The molecule has 18 heavy (non-hydrogen) atoms. The van der Waals surface area contributed by atoms with Gasteiger partial charge in [0.25, 0.3) is 0 Å². The smallest absolute Gasteiger partial charge is 0.233 e. The summed E-state index contributed by atoms with van der Waals surface area (Å²) in [6, 6.07) is 4.22. The molecule has 1 aromatic carbocycles. The van der Waals surface area contributed by atoms with Crippen LogP contribution in [0.1, 0.15) is 36.7 Å². The molecule has 0 aliphatic heterocycles. The number of hydrogen-bond acceptors (Lipinski definition) is 4. The Morgan fingerprint density at radius 1 is 1.44 bits per heavy atom. The van der Waals surface area contributed by atoms with E-state index in [0.717, 1.165) is 0 Å². The van der Waals surface area contributed by atoms with E-state index in [2.05, 4.69) is 10.2 Å². The monoisotopic (exact) mass is 269 g/mol. The molecule has 0 radical (unpaired) electrons. The van der Waals surface area contributed by atoms with Crippen LogP contribution in [0.2, 0.25) is 5.02 Å². The van der Waals surface area contributed by atoms with E-state index in [9.17, 15) is 4.39 Å². The number of nitrogens with zero attached hydrogens (tertiary/aromatic N) is 2. The van der Waals surface area contributed by atoms with Gasteiger partial charge in [-0.2, -0.15) is 0 Å². The van der Waals surface area contributed by atoms with Gasteiger partial charge in [0.05, 0.1) is 12.5 Å². The highest BCUT2D eigenvalue weighted by Crippen LogP contribution is 2.22. The number of benzene rings is 1. The van der Waals surface area contributed by atoms with Crippen molar-refractivity contribution in [1.29, 1.82) is 0 Å². The average Bonchev–Trinajstić information content (AvgIpc) is 2.81. The topological polar surface area (TPSA) is 64.9 Å². The summed E-state index contributed by atoms with van der Waals surface area (Å²) in [5.41, 5.74) is 6.11. The maximum Gasteiger partial charge on any atom is 0.233 e. The van der Waals surface area contributed by atoms with Gasteiger partial charge >= 0.3 is 0 Å². The fourth-order valence-corrected chi connectivity index (χ4v) is 1.74. The van der Waals surface area contributed by atoms with Crippen molar-refractivity contribution >= 4 is 11.6 Å². The van der Waals surface area contributed by atoms with Gasteiger partial charge in [-0.15, -0.1) is 10.2 Å². The van der Waals surface area contributed by atoms with Crippen LogP contribution in [0.25, 0.3) is 0 Å². The lowest BCUT2D eigenvalue weighted by atomic mass is 10.1. The molecule has 96 valence electrons. The highest BCUT2D eigenvalue weighted by molar-refractivity contribution is 6.31. The Morgan fingerprint density at radius 2 is 2.22 bits per heavy atom. The summed E-state index contributed by atoms with van der Waals surface area (Å²) in [5.74, 6) is 0.280. The third kappa shape index (κ3) is 2.68. The van der Waals surface area contributed by atoms with Crippen LogP contribution in [-0.4, -0.2) is 10.2 Å². The molecular weight excluding hydrogens is 257 g/mol. The van der Waals surface area contributed by atoms with Crippen LogP contribution in [0, 0.1) is 5.82 Å². The molecule has 0 fully saturated rings. The summed E-state index contributed by atoms with van der Waals surface area (Å²) in [4.78, 5) is 0. The number of aromatic nitrogens is 2. The van der Waals surface area contributed by atoms with Gasteiger partial charge in [0, 0.05) is 10.6 Å². The van der Waals surface area contributed by atoms with Gasteiger partial charge in [-0.25, -0.2) is 4.39 Å². The first kappa shape index (κ1) is 13.0. The van der Waals surface area contributed by atoms with Gasteiger partial charge in [-0.3, -0.25) is 0 Å². The van der Waals surface area contributed by atoms with Crippen LogP contribution in [0.3, 0.4) is 0 Å². The van der Waals surface area contributed by atoms with Gasteiger partial charge < -0.3 is 10.2 Å². The Kier molecular flexibility index (Phi) is 3.93. The van der Waals surface area contributed by atoms with E-state index in [-0.39, 0.29) is 18.3 Å². The number of halogens is 2. The third-order valence-electron chi connectivity index (χ3n) is 2.63. The van der Waals surface area contributed by atoms with Gasteiger partial charge in [0.2, 0.25) is 11.8 Å². The minimum Gasteiger partial charge on any atom is -0.423 e. The molecule has 1 atom stereocenters. The standard InChI is InChI=1S/C12H13ClFN3O/c1-2-10(15)12-17-16-11(18-12)6-7-8(13)4-3-5-9(7)14/h3-5,10H,2,6,15H2,1H3. The zero-order chi connectivity index (χ0) is 13.1. The quantitative estimate of drug-likeness (QED) is 0.927.